The second-order valence-electron chi connectivity index (χ2n) is 5.06. The molecule has 1 rings (SSSR count). The largest absolute Gasteiger partial charge is 0.383 e. The minimum absolute atomic E-state index is 0.312. The van der Waals surface area contributed by atoms with Gasteiger partial charge in [-0.25, -0.2) is 0 Å². The summed E-state index contributed by atoms with van der Waals surface area (Å²) in [5, 5.41) is 0. The molecule has 0 aromatic carbocycles. The molecule has 0 aromatic rings. The lowest BCUT2D eigenvalue weighted by atomic mass is 10.0. The highest BCUT2D eigenvalue weighted by Gasteiger charge is 2.32. The number of methoxy groups -OCH3 is 1. The van der Waals surface area contributed by atoms with Crippen LogP contribution in [-0.2, 0) is 9.47 Å². The summed E-state index contributed by atoms with van der Waals surface area (Å²) in [7, 11) is 1.76. The van der Waals surface area contributed by atoms with E-state index < -0.39 is 0 Å². The Morgan fingerprint density at radius 2 is 2.11 bits per heavy atom. The van der Waals surface area contributed by atoms with Crippen LogP contribution in [0.1, 0.15) is 39.5 Å². The molecular formula is C14H30N2O2. The van der Waals surface area contributed by atoms with Gasteiger partial charge in [0.2, 0.25) is 0 Å². The van der Waals surface area contributed by atoms with Crippen LogP contribution in [0.5, 0.6) is 0 Å². The molecule has 0 aliphatic carbocycles. The Bertz CT molecular complexity index is 204. The number of rotatable bonds is 9. The van der Waals surface area contributed by atoms with E-state index in [1.807, 2.05) is 0 Å². The van der Waals surface area contributed by atoms with Crippen molar-refractivity contribution in [1.82, 2.24) is 4.90 Å². The highest BCUT2D eigenvalue weighted by atomic mass is 16.5. The first kappa shape index (κ1) is 15.9. The lowest BCUT2D eigenvalue weighted by Crippen LogP contribution is -2.53. The maximum atomic E-state index is 6.01. The van der Waals surface area contributed by atoms with Gasteiger partial charge in [0.25, 0.3) is 0 Å². The average molecular weight is 258 g/mol. The van der Waals surface area contributed by atoms with Crippen LogP contribution in [0.2, 0.25) is 0 Å². The first-order chi connectivity index (χ1) is 8.78. The molecule has 4 heteroatoms. The van der Waals surface area contributed by atoms with E-state index in [2.05, 4.69) is 18.7 Å². The van der Waals surface area contributed by atoms with E-state index in [4.69, 9.17) is 15.2 Å². The summed E-state index contributed by atoms with van der Waals surface area (Å²) in [4.78, 5) is 2.51. The van der Waals surface area contributed by atoms with Gasteiger partial charge in [-0.15, -0.1) is 0 Å². The summed E-state index contributed by atoms with van der Waals surface area (Å²) >= 11 is 0. The molecule has 1 aliphatic heterocycles. The van der Waals surface area contributed by atoms with Gasteiger partial charge in [0.05, 0.1) is 12.7 Å². The highest BCUT2D eigenvalue weighted by Crippen LogP contribution is 2.22. The van der Waals surface area contributed by atoms with Crippen molar-refractivity contribution in [3.05, 3.63) is 0 Å². The van der Waals surface area contributed by atoms with Crippen LogP contribution in [-0.4, -0.2) is 56.5 Å². The Kier molecular flexibility index (Phi) is 7.82. The van der Waals surface area contributed by atoms with Gasteiger partial charge in [-0.2, -0.15) is 0 Å². The molecule has 0 aromatic heterocycles. The van der Waals surface area contributed by atoms with Crippen molar-refractivity contribution in [2.75, 3.05) is 33.4 Å². The zero-order valence-electron chi connectivity index (χ0n) is 12.2. The van der Waals surface area contributed by atoms with E-state index in [1.165, 1.54) is 6.42 Å². The van der Waals surface area contributed by atoms with Crippen molar-refractivity contribution in [2.45, 2.75) is 57.7 Å². The molecular weight excluding hydrogens is 228 g/mol. The van der Waals surface area contributed by atoms with Crippen LogP contribution < -0.4 is 5.73 Å². The van der Waals surface area contributed by atoms with E-state index in [-0.39, 0.29) is 0 Å². The van der Waals surface area contributed by atoms with Gasteiger partial charge in [0.15, 0.2) is 0 Å². The van der Waals surface area contributed by atoms with Crippen molar-refractivity contribution < 1.29 is 9.47 Å². The van der Waals surface area contributed by atoms with E-state index in [0.717, 1.165) is 39.0 Å². The average Bonchev–Trinajstić information content (AvgIpc) is 2.91. The highest BCUT2D eigenvalue weighted by molar-refractivity contribution is 4.87. The summed E-state index contributed by atoms with van der Waals surface area (Å²) in [6, 6.07) is 0.922. The minimum atomic E-state index is 0.312. The monoisotopic (exact) mass is 258 g/mol. The molecule has 4 nitrogen and oxygen atoms in total. The number of ether oxygens (including phenoxy) is 2. The van der Waals surface area contributed by atoms with Gasteiger partial charge in [0.1, 0.15) is 0 Å². The second kappa shape index (κ2) is 8.86. The van der Waals surface area contributed by atoms with Crippen LogP contribution in [0, 0.1) is 0 Å². The first-order valence-corrected chi connectivity index (χ1v) is 7.34. The molecule has 2 N–H and O–H groups in total. The molecule has 18 heavy (non-hydrogen) atoms. The number of hydrogen-bond acceptors (Lipinski definition) is 4. The van der Waals surface area contributed by atoms with Crippen molar-refractivity contribution in [3.8, 4) is 0 Å². The third-order valence-electron chi connectivity index (χ3n) is 4.03. The molecule has 1 fully saturated rings. The maximum absolute atomic E-state index is 6.01. The Morgan fingerprint density at radius 3 is 2.56 bits per heavy atom. The zero-order chi connectivity index (χ0) is 13.4. The third-order valence-corrected chi connectivity index (χ3v) is 4.03. The normalized spacial score (nSPS) is 22.0. The molecule has 0 saturated carbocycles. The molecule has 2 atom stereocenters. The molecule has 0 amide bonds. The number of nitrogens with two attached hydrogens (primary N) is 1. The summed E-state index contributed by atoms with van der Waals surface area (Å²) in [5.41, 5.74) is 6.01. The first-order valence-electron chi connectivity index (χ1n) is 7.34. The van der Waals surface area contributed by atoms with Crippen LogP contribution in [0.3, 0.4) is 0 Å². The van der Waals surface area contributed by atoms with Crippen molar-refractivity contribution in [1.29, 1.82) is 0 Å². The number of hydrogen-bond donors (Lipinski definition) is 1. The molecule has 1 saturated heterocycles. The fraction of sp³-hybridized carbons (Fsp3) is 1.00. The summed E-state index contributed by atoms with van der Waals surface area (Å²) in [6.45, 7) is 7.77. The van der Waals surface area contributed by atoms with Crippen LogP contribution in [0.4, 0.5) is 0 Å². The topological polar surface area (TPSA) is 47.7 Å². The lowest BCUT2D eigenvalue weighted by Gasteiger charge is -2.39. The predicted octanol–water partition coefficient (Wildman–Crippen LogP) is 1.63. The Morgan fingerprint density at radius 1 is 1.39 bits per heavy atom. The molecule has 0 radical (unpaired) electrons. The lowest BCUT2D eigenvalue weighted by molar-refractivity contribution is -0.00413. The molecule has 1 aliphatic rings. The van der Waals surface area contributed by atoms with E-state index in [9.17, 15) is 0 Å². The third kappa shape index (κ3) is 4.19. The van der Waals surface area contributed by atoms with Gasteiger partial charge in [-0.05, 0) is 25.7 Å². The summed E-state index contributed by atoms with van der Waals surface area (Å²) < 4.78 is 11.1. The molecule has 1 heterocycles. The van der Waals surface area contributed by atoms with Crippen molar-refractivity contribution >= 4 is 0 Å². The Balaban J connectivity index is 2.69. The van der Waals surface area contributed by atoms with Crippen molar-refractivity contribution in [3.63, 3.8) is 0 Å². The maximum Gasteiger partial charge on any atom is 0.0743 e. The Labute approximate surface area is 112 Å². The fourth-order valence-electron chi connectivity index (χ4n) is 2.98. The predicted molar refractivity (Wildman–Crippen MR) is 74.8 cm³/mol. The zero-order valence-corrected chi connectivity index (χ0v) is 12.2. The smallest absolute Gasteiger partial charge is 0.0743 e. The van der Waals surface area contributed by atoms with E-state index in [0.29, 0.717) is 24.7 Å². The molecule has 0 bridgehead atoms. The Hall–Kier alpha value is -0.160. The van der Waals surface area contributed by atoms with Gasteiger partial charge in [-0.1, -0.05) is 13.8 Å². The summed E-state index contributed by atoms with van der Waals surface area (Å²) in [5.74, 6) is 0. The van der Waals surface area contributed by atoms with Crippen LogP contribution in [0.15, 0.2) is 0 Å². The van der Waals surface area contributed by atoms with Gasteiger partial charge < -0.3 is 15.2 Å². The number of nitrogens with zero attached hydrogens (tertiary/aromatic N) is 1. The summed E-state index contributed by atoms with van der Waals surface area (Å²) in [6.07, 6.45) is 4.94. The van der Waals surface area contributed by atoms with E-state index >= 15 is 0 Å². The SMILES string of the molecule is CCC(CC)N(CCOC)C(CN)C1CCCO1. The van der Waals surface area contributed by atoms with E-state index in [1.54, 1.807) is 7.11 Å². The van der Waals surface area contributed by atoms with Gasteiger partial charge >= 0.3 is 0 Å². The molecule has 2 unspecified atom stereocenters. The van der Waals surface area contributed by atoms with Crippen LogP contribution in [0.25, 0.3) is 0 Å². The standard InChI is InChI=1S/C14H30N2O2/c1-4-12(5-2)16(8-10-17-3)13(11-15)14-7-6-9-18-14/h12-14H,4-11,15H2,1-3H3. The van der Waals surface area contributed by atoms with Gasteiger partial charge in [0, 0.05) is 38.9 Å². The minimum Gasteiger partial charge on any atom is -0.383 e. The quantitative estimate of drug-likeness (QED) is 0.683. The molecule has 0 spiro atoms. The van der Waals surface area contributed by atoms with Crippen molar-refractivity contribution in [2.24, 2.45) is 5.73 Å². The second-order valence-corrected chi connectivity index (χ2v) is 5.06. The fourth-order valence-corrected chi connectivity index (χ4v) is 2.98. The molecule has 108 valence electrons. The van der Waals surface area contributed by atoms with Crippen LogP contribution >= 0.6 is 0 Å². The van der Waals surface area contributed by atoms with Gasteiger partial charge in [-0.3, -0.25) is 4.90 Å².